The summed E-state index contributed by atoms with van der Waals surface area (Å²) in [6.07, 6.45) is 4.01. The van der Waals surface area contributed by atoms with Crippen molar-refractivity contribution in [2.45, 2.75) is 26.7 Å². The van der Waals surface area contributed by atoms with E-state index in [4.69, 9.17) is 0 Å². The summed E-state index contributed by atoms with van der Waals surface area (Å²) in [5.41, 5.74) is -0.211. The van der Waals surface area contributed by atoms with E-state index in [9.17, 15) is 9.59 Å². The molecule has 0 saturated heterocycles. The van der Waals surface area contributed by atoms with Crippen LogP contribution in [-0.4, -0.2) is 26.2 Å². The molecule has 0 atom stereocenters. The van der Waals surface area contributed by atoms with E-state index in [1.54, 1.807) is 6.08 Å². The normalized spacial score (nSPS) is 11.5. The van der Waals surface area contributed by atoms with Crippen molar-refractivity contribution in [3.8, 4) is 0 Å². The van der Waals surface area contributed by atoms with E-state index >= 15 is 0 Å². The highest BCUT2D eigenvalue weighted by atomic mass is 16.5. The zero-order valence-electron chi connectivity index (χ0n) is 9.70. The first kappa shape index (κ1) is 13.7. The summed E-state index contributed by atoms with van der Waals surface area (Å²) < 4.78 is 9.03. The molecule has 0 aliphatic carbocycles. The van der Waals surface area contributed by atoms with Crippen LogP contribution >= 0.6 is 0 Å². The largest absolute Gasteiger partial charge is 0.469 e. The molecule has 86 valence electrons. The van der Waals surface area contributed by atoms with E-state index in [2.05, 4.69) is 9.47 Å². The van der Waals surface area contributed by atoms with Gasteiger partial charge in [-0.25, -0.2) is 4.79 Å². The zero-order valence-corrected chi connectivity index (χ0v) is 9.70. The lowest BCUT2D eigenvalue weighted by Gasteiger charge is -2.20. The molecule has 0 saturated carbocycles. The fourth-order valence-corrected chi connectivity index (χ4v) is 1.08. The molecular weight excluding hydrogens is 196 g/mol. The van der Waals surface area contributed by atoms with Crippen molar-refractivity contribution in [3.05, 3.63) is 12.2 Å². The number of carbonyl (C=O) groups is 2. The average Bonchev–Trinajstić information content (AvgIpc) is 2.16. The van der Waals surface area contributed by atoms with Gasteiger partial charge in [0.15, 0.2) is 0 Å². The van der Waals surface area contributed by atoms with E-state index in [-0.39, 0.29) is 17.4 Å². The molecule has 0 aliphatic heterocycles. The lowest BCUT2D eigenvalue weighted by molar-refractivity contribution is -0.142. The fraction of sp³-hybridized carbons (Fsp3) is 0.636. The van der Waals surface area contributed by atoms with Crippen LogP contribution in [0.1, 0.15) is 26.7 Å². The predicted molar refractivity (Wildman–Crippen MR) is 56.2 cm³/mol. The number of allylic oxidation sites excluding steroid dienone is 1. The smallest absolute Gasteiger partial charge is 0.330 e. The molecule has 0 N–H and O–H groups in total. The quantitative estimate of drug-likeness (QED) is 0.516. The van der Waals surface area contributed by atoms with Crippen molar-refractivity contribution in [3.63, 3.8) is 0 Å². The summed E-state index contributed by atoms with van der Waals surface area (Å²) >= 11 is 0. The third kappa shape index (κ3) is 6.71. The van der Waals surface area contributed by atoms with Crippen molar-refractivity contribution in [2.24, 2.45) is 5.41 Å². The number of carbonyl (C=O) groups excluding carboxylic acids is 2. The van der Waals surface area contributed by atoms with Crippen molar-refractivity contribution >= 4 is 11.9 Å². The van der Waals surface area contributed by atoms with Gasteiger partial charge in [-0.3, -0.25) is 4.79 Å². The monoisotopic (exact) mass is 214 g/mol. The molecule has 0 amide bonds. The minimum Gasteiger partial charge on any atom is -0.469 e. The Kier molecular flexibility index (Phi) is 5.67. The highest BCUT2D eigenvalue weighted by Gasteiger charge is 2.20. The molecule has 0 bridgehead atoms. The summed E-state index contributed by atoms with van der Waals surface area (Å²) in [5.74, 6) is -0.629. The summed E-state index contributed by atoms with van der Waals surface area (Å²) in [5, 5.41) is 0. The van der Waals surface area contributed by atoms with Crippen LogP contribution in [0, 0.1) is 5.41 Å². The topological polar surface area (TPSA) is 52.6 Å². The Morgan fingerprint density at radius 2 is 1.80 bits per heavy atom. The second-order valence-corrected chi connectivity index (χ2v) is 4.05. The molecule has 4 nitrogen and oxygen atoms in total. The Hall–Kier alpha value is -1.32. The van der Waals surface area contributed by atoms with Crippen LogP contribution in [0.5, 0.6) is 0 Å². The molecule has 0 radical (unpaired) electrons. The number of methoxy groups -OCH3 is 2. The average molecular weight is 214 g/mol. The van der Waals surface area contributed by atoms with E-state index in [1.165, 1.54) is 20.3 Å². The molecule has 0 spiro atoms. The van der Waals surface area contributed by atoms with Crippen molar-refractivity contribution in [1.82, 2.24) is 0 Å². The molecule has 0 aromatic carbocycles. The minimum absolute atomic E-state index is 0.211. The Morgan fingerprint density at radius 3 is 2.27 bits per heavy atom. The second kappa shape index (κ2) is 6.22. The van der Waals surface area contributed by atoms with Gasteiger partial charge in [-0.05, 0) is 11.8 Å². The summed E-state index contributed by atoms with van der Waals surface area (Å²) in [6.45, 7) is 3.87. The number of ether oxygens (including phenoxy) is 2. The number of esters is 2. The molecule has 0 aromatic heterocycles. The fourth-order valence-electron chi connectivity index (χ4n) is 1.08. The standard InChI is InChI=1S/C11H18O4/c1-11(2,8-10(13)15-4)7-5-6-9(12)14-3/h5-6H,7-8H2,1-4H3. The van der Waals surface area contributed by atoms with Gasteiger partial charge in [0.25, 0.3) is 0 Å². The Balaban J connectivity index is 4.09. The van der Waals surface area contributed by atoms with Gasteiger partial charge in [-0.1, -0.05) is 19.9 Å². The summed E-state index contributed by atoms with van der Waals surface area (Å²) in [4.78, 5) is 21.8. The first-order chi connectivity index (χ1) is 6.91. The number of hydrogen-bond acceptors (Lipinski definition) is 4. The van der Waals surface area contributed by atoms with Crippen LogP contribution in [0.3, 0.4) is 0 Å². The number of rotatable bonds is 5. The zero-order chi connectivity index (χ0) is 11.9. The van der Waals surface area contributed by atoms with Crippen molar-refractivity contribution in [1.29, 1.82) is 0 Å². The predicted octanol–water partition coefficient (Wildman–Crippen LogP) is 1.70. The van der Waals surface area contributed by atoms with Gasteiger partial charge in [0.05, 0.1) is 20.6 Å². The molecule has 0 fully saturated rings. The number of hydrogen-bond donors (Lipinski definition) is 0. The third-order valence-corrected chi connectivity index (χ3v) is 1.98. The van der Waals surface area contributed by atoms with Gasteiger partial charge in [0, 0.05) is 6.08 Å². The molecule has 0 aromatic rings. The summed E-state index contributed by atoms with van der Waals surface area (Å²) in [7, 11) is 2.69. The Labute approximate surface area is 90.2 Å². The second-order valence-electron chi connectivity index (χ2n) is 4.05. The lowest BCUT2D eigenvalue weighted by Crippen LogP contribution is -2.17. The Morgan fingerprint density at radius 1 is 1.20 bits per heavy atom. The molecule has 0 aliphatic rings. The van der Waals surface area contributed by atoms with Gasteiger partial charge in [0.1, 0.15) is 0 Å². The van der Waals surface area contributed by atoms with E-state index < -0.39 is 0 Å². The maximum Gasteiger partial charge on any atom is 0.330 e. The van der Waals surface area contributed by atoms with Gasteiger partial charge < -0.3 is 9.47 Å². The van der Waals surface area contributed by atoms with Crippen molar-refractivity contribution < 1.29 is 19.1 Å². The maximum atomic E-state index is 11.0. The van der Waals surface area contributed by atoms with Gasteiger partial charge in [-0.2, -0.15) is 0 Å². The minimum atomic E-state index is -0.385. The highest BCUT2D eigenvalue weighted by molar-refractivity contribution is 5.81. The molecule has 15 heavy (non-hydrogen) atoms. The van der Waals surface area contributed by atoms with Crippen LogP contribution in [0.15, 0.2) is 12.2 Å². The molecule has 4 heteroatoms. The van der Waals surface area contributed by atoms with Crippen LogP contribution < -0.4 is 0 Å². The van der Waals surface area contributed by atoms with Crippen LogP contribution in [0.4, 0.5) is 0 Å². The Bertz CT molecular complexity index is 253. The first-order valence-electron chi connectivity index (χ1n) is 4.72. The SMILES string of the molecule is COC(=O)C=CCC(C)(C)CC(=O)OC. The maximum absolute atomic E-state index is 11.0. The van der Waals surface area contributed by atoms with E-state index in [1.807, 2.05) is 13.8 Å². The lowest BCUT2D eigenvalue weighted by atomic mass is 9.85. The van der Waals surface area contributed by atoms with E-state index in [0.717, 1.165) is 0 Å². The van der Waals surface area contributed by atoms with Crippen molar-refractivity contribution in [2.75, 3.05) is 14.2 Å². The molecule has 0 heterocycles. The molecule has 0 rings (SSSR count). The first-order valence-corrected chi connectivity index (χ1v) is 4.72. The van der Waals surface area contributed by atoms with Gasteiger partial charge in [0.2, 0.25) is 0 Å². The third-order valence-electron chi connectivity index (χ3n) is 1.98. The van der Waals surface area contributed by atoms with Crippen LogP contribution in [-0.2, 0) is 19.1 Å². The van der Waals surface area contributed by atoms with E-state index in [0.29, 0.717) is 12.8 Å². The van der Waals surface area contributed by atoms with Gasteiger partial charge >= 0.3 is 11.9 Å². The molecule has 0 unspecified atom stereocenters. The molecular formula is C11H18O4. The highest BCUT2D eigenvalue weighted by Crippen LogP contribution is 2.25. The van der Waals surface area contributed by atoms with Crippen LogP contribution in [0.2, 0.25) is 0 Å². The summed E-state index contributed by atoms with van der Waals surface area (Å²) in [6, 6.07) is 0. The van der Waals surface area contributed by atoms with Gasteiger partial charge in [-0.15, -0.1) is 0 Å². The van der Waals surface area contributed by atoms with Crippen LogP contribution in [0.25, 0.3) is 0 Å².